The summed E-state index contributed by atoms with van der Waals surface area (Å²) < 4.78 is 28.6. The van der Waals surface area contributed by atoms with Crippen LogP contribution in [0, 0.1) is 19.7 Å². The minimum absolute atomic E-state index is 0.221. The molecule has 0 bridgehead atoms. The minimum Gasteiger partial charge on any atom is -0.490 e. The Morgan fingerprint density at radius 1 is 1.19 bits per heavy atom. The number of aromatic nitrogens is 3. The van der Waals surface area contributed by atoms with Crippen molar-refractivity contribution in [1.82, 2.24) is 14.6 Å². The summed E-state index contributed by atoms with van der Waals surface area (Å²) in [6.45, 7) is 9.29. The summed E-state index contributed by atoms with van der Waals surface area (Å²) in [5.74, 6) is -1.51. The van der Waals surface area contributed by atoms with Crippen molar-refractivity contribution in [2.45, 2.75) is 72.0 Å². The topological polar surface area (TPSA) is 115 Å². The molecule has 2 N–H and O–H groups in total. The van der Waals surface area contributed by atoms with Crippen LogP contribution in [0.15, 0.2) is 42.5 Å². The molecule has 2 aromatic heterocycles. The number of ether oxygens (including phenoxy) is 2. The summed E-state index contributed by atoms with van der Waals surface area (Å²) in [6.07, 6.45) is 0.752. The third-order valence-corrected chi connectivity index (χ3v) is 7.23. The number of aliphatic carboxylic acids is 1. The highest BCUT2D eigenvalue weighted by atomic mass is 19.1. The van der Waals surface area contributed by atoms with E-state index in [1.54, 1.807) is 33.8 Å². The van der Waals surface area contributed by atoms with Gasteiger partial charge in [0.2, 0.25) is 5.91 Å². The molecular weight excluding hydrogens is 539 g/mol. The standard InChI is InChI=1S/C32H35FN4O5/c1-18-21-12-9-15-41-29(21)23(33)16-22(18)28-27(30(31(39)40)42-32(3,4)5)19(2)34-25-17-24(36-37(25)28)35-26(38)14-13-20-10-7-6-8-11-20/h6-8,10-11,16-17,30H,9,12-15H2,1-5H3,(H,39,40)(H,35,36,38)/t30-/m0/s1. The number of halogens is 1. The van der Waals surface area contributed by atoms with E-state index in [0.717, 1.165) is 23.1 Å². The van der Waals surface area contributed by atoms with Gasteiger partial charge in [0.25, 0.3) is 0 Å². The van der Waals surface area contributed by atoms with Gasteiger partial charge in [-0.05, 0) is 71.1 Å². The molecule has 0 saturated heterocycles. The molecule has 0 spiro atoms. The third kappa shape index (κ3) is 5.99. The molecule has 2 aromatic carbocycles. The second kappa shape index (κ2) is 11.5. The van der Waals surface area contributed by atoms with Crippen LogP contribution in [0.2, 0.25) is 0 Å². The van der Waals surface area contributed by atoms with E-state index in [9.17, 15) is 14.7 Å². The molecule has 220 valence electrons. The van der Waals surface area contributed by atoms with Crippen LogP contribution < -0.4 is 10.1 Å². The lowest BCUT2D eigenvalue weighted by molar-refractivity contribution is -0.160. The van der Waals surface area contributed by atoms with E-state index in [-0.39, 0.29) is 29.5 Å². The van der Waals surface area contributed by atoms with Crippen molar-refractivity contribution in [3.63, 3.8) is 0 Å². The lowest BCUT2D eigenvalue weighted by Gasteiger charge is -2.28. The molecule has 0 unspecified atom stereocenters. The van der Waals surface area contributed by atoms with E-state index >= 15 is 4.39 Å². The Morgan fingerprint density at radius 3 is 2.62 bits per heavy atom. The minimum atomic E-state index is -1.42. The van der Waals surface area contributed by atoms with Crippen LogP contribution in [0.3, 0.4) is 0 Å². The molecule has 1 atom stereocenters. The average molecular weight is 575 g/mol. The number of nitrogens with zero attached hydrogens (tertiary/aromatic N) is 3. The first-order chi connectivity index (χ1) is 19.9. The van der Waals surface area contributed by atoms with Gasteiger partial charge in [-0.15, -0.1) is 5.10 Å². The number of carbonyl (C=O) groups excluding carboxylic acids is 1. The maximum Gasteiger partial charge on any atom is 0.337 e. The van der Waals surface area contributed by atoms with Gasteiger partial charge < -0.3 is 19.9 Å². The van der Waals surface area contributed by atoms with Crippen molar-refractivity contribution in [3.8, 4) is 17.0 Å². The highest BCUT2D eigenvalue weighted by Gasteiger charge is 2.34. The van der Waals surface area contributed by atoms with E-state index < -0.39 is 23.5 Å². The Labute approximate surface area is 243 Å². The summed E-state index contributed by atoms with van der Waals surface area (Å²) in [5, 5.41) is 17.8. The number of aryl methyl sites for hydroxylation is 2. The van der Waals surface area contributed by atoms with Gasteiger partial charge in [-0.25, -0.2) is 18.7 Å². The first-order valence-electron chi connectivity index (χ1n) is 14.0. The van der Waals surface area contributed by atoms with Crippen LogP contribution in [0.5, 0.6) is 5.75 Å². The van der Waals surface area contributed by atoms with Crippen molar-refractivity contribution in [2.75, 3.05) is 11.9 Å². The first kappa shape index (κ1) is 29.2. The number of amides is 1. The number of hydrogen-bond acceptors (Lipinski definition) is 6. The number of benzene rings is 2. The average Bonchev–Trinajstić information content (AvgIpc) is 3.33. The van der Waals surface area contributed by atoms with Crippen LogP contribution >= 0.6 is 0 Å². The van der Waals surface area contributed by atoms with Crippen molar-refractivity contribution in [3.05, 3.63) is 76.2 Å². The van der Waals surface area contributed by atoms with E-state index in [4.69, 9.17) is 9.47 Å². The van der Waals surface area contributed by atoms with E-state index in [0.29, 0.717) is 42.0 Å². The number of carboxylic acids is 1. The summed E-state index contributed by atoms with van der Waals surface area (Å²) >= 11 is 0. The Bertz CT molecular complexity index is 1660. The molecule has 0 saturated carbocycles. The molecule has 1 amide bonds. The number of fused-ring (bicyclic) bond motifs is 2. The maximum atomic E-state index is 15.5. The molecule has 3 heterocycles. The fraction of sp³-hybridized carbons (Fsp3) is 0.375. The van der Waals surface area contributed by atoms with Gasteiger partial charge >= 0.3 is 5.97 Å². The highest BCUT2D eigenvalue weighted by Crippen LogP contribution is 2.41. The molecule has 0 radical (unpaired) electrons. The number of carboxylic acid groups (broad SMARTS) is 1. The zero-order valence-electron chi connectivity index (χ0n) is 24.5. The zero-order valence-corrected chi connectivity index (χ0v) is 24.5. The van der Waals surface area contributed by atoms with E-state index in [1.165, 1.54) is 10.6 Å². The molecule has 10 heteroatoms. The molecule has 42 heavy (non-hydrogen) atoms. The van der Waals surface area contributed by atoms with Crippen molar-refractivity contribution in [2.24, 2.45) is 0 Å². The lowest BCUT2D eigenvalue weighted by Crippen LogP contribution is -2.29. The zero-order chi connectivity index (χ0) is 30.2. The maximum absolute atomic E-state index is 15.5. The summed E-state index contributed by atoms with van der Waals surface area (Å²) in [7, 11) is 0. The van der Waals surface area contributed by atoms with Gasteiger partial charge in [-0.3, -0.25) is 4.79 Å². The van der Waals surface area contributed by atoms with Crippen molar-refractivity contribution in [1.29, 1.82) is 0 Å². The molecule has 0 fully saturated rings. The normalized spacial score (nSPS) is 13.9. The summed E-state index contributed by atoms with van der Waals surface area (Å²) in [6, 6.07) is 12.7. The first-order valence-corrected chi connectivity index (χ1v) is 14.0. The van der Waals surface area contributed by atoms with Crippen LogP contribution in [-0.4, -0.2) is 43.8 Å². The van der Waals surface area contributed by atoms with Crippen molar-refractivity contribution >= 4 is 23.3 Å². The van der Waals surface area contributed by atoms with Gasteiger partial charge in [-0.1, -0.05) is 30.3 Å². The van der Waals surface area contributed by atoms with Gasteiger partial charge in [0.15, 0.2) is 29.1 Å². The third-order valence-electron chi connectivity index (χ3n) is 7.23. The number of hydrogen-bond donors (Lipinski definition) is 2. The van der Waals surface area contributed by atoms with Gasteiger partial charge in [0.05, 0.1) is 17.9 Å². The predicted molar refractivity (Wildman–Crippen MR) is 156 cm³/mol. The predicted octanol–water partition coefficient (Wildman–Crippen LogP) is 5.99. The number of rotatable bonds is 8. The van der Waals surface area contributed by atoms with E-state index in [2.05, 4.69) is 15.4 Å². The van der Waals surface area contributed by atoms with Crippen LogP contribution in [0.25, 0.3) is 16.9 Å². The fourth-order valence-electron chi connectivity index (χ4n) is 5.37. The van der Waals surface area contributed by atoms with E-state index in [1.807, 2.05) is 37.3 Å². The molecule has 4 aromatic rings. The van der Waals surface area contributed by atoms with Gasteiger partial charge in [0, 0.05) is 34.9 Å². The molecule has 0 aliphatic carbocycles. The highest BCUT2D eigenvalue weighted by molar-refractivity contribution is 5.90. The molecule has 9 nitrogen and oxygen atoms in total. The Morgan fingerprint density at radius 2 is 1.93 bits per heavy atom. The quantitative estimate of drug-likeness (QED) is 0.266. The molecule has 1 aliphatic heterocycles. The smallest absolute Gasteiger partial charge is 0.337 e. The fourth-order valence-corrected chi connectivity index (χ4v) is 5.37. The Kier molecular flexibility index (Phi) is 8.01. The van der Waals surface area contributed by atoms with Crippen LogP contribution in [0.4, 0.5) is 10.2 Å². The number of carbonyl (C=O) groups is 2. The molecular formula is C32H35FN4O5. The largest absolute Gasteiger partial charge is 0.490 e. The molecule has 5 rings (SSSR count). The summed E-state index contributed by atoms with van der Waals surface area (Å²) in [5.41, 5.74) is 3.53. The molecule has 1 aliphatic rings. The summed E-state index contributed by atoms with van der Waals surface area (Å²) in [4.78, 5) is 30.1. The van der Waals surface area contributed by atoms with Gasteiger partial charge in [-0.2, -0.15) is 0 Å². The second-order valence-electron chi connectivity index (χ2n) is 11.5. The second-order valence-corrected chi connectivity index (χ2v) is 11.5. The lowest BCUT2D eigenvalue weighted by atomic mass is 9.91. The number of anilines is 1. The SMILES string of the molecule is Cc1nc2cc(NC(=O)CCc3ccccc3)nn2c(-c2cc(F)c3c(c2C)CCCO3)c1[C@H](OC(C)(C)C)C(=O)O. The van der Waals surface area contributed by atoms with Crippen molar-refractivity contribution < 1.29 is 28.6 Å². The van der Waals surface area contributed by atoms with Crippen LogP contribution in [-0.2, 0) is 27.2 Å². The Balaban J connectivity index is 1.65. The van der Waals surface area contributed by atoms with Gasteiger partial charge in [0.1, 0.15) is 0 Å². The number of nitrogens with one attached hydrogen (secondary N) is 1. The van der Waals surface area contributed by atoms with Crippen LogP contribution in [0.1, 0.15) is 67.7 Å². The monoisotopic (exact) mass is 574 g/mol. The Hall–Kier alpha value is -4.31.